The number of anilines is 1. The highest BCUT2D eigenvalue weighted by Gasteiger charge is 2.50. The molecule has 1 aromatic carbocycles. The molecular formula is C19H26N2O3S2. The topological polar surface area (TPSA) is 66.8 Å². The first kappa shape index (κ1) is 19.4. The average molecular weight is 395 g/mol. The van der Waals surface area contributed by atoms with Gasteiger partial charge in [-0.1, -0.05) is 64.6 Å². The van der Waals surface area contributed by atoms with Crippen molar-refractivity contribution in [3.63, 3.8) is 0 Å². The van der Waals surface area contributed by atoms with Gasteiger partial charge in [0.05, 0.1) is 17.5 Å². The van der Waals surface area contributed by atoms with Gasteiger partial charge >= 0.3 is 0 Å². The molecule has 2 heterocycles. The molecule has 5 nitrogen and oxygen atoms in total. The van der Waals surface area contributed by atoms with Crippen molar-refractivity contribution in [3.8, 4) is 0 Å². The van der Waals surface area contributed by atoms with E-state index in [0.717, 1.165) is 11.3 Å². The lowest BCUT2D eigenvalue weighted by atomic mass is 9.96. The number of carbonyl (C=O) groups is 1. The smallest absolute Gasteiger partial charge is 0.253 e. The second-order valence-electron chi connectivity index (χ2n) is 8.33. The van der Waals surface area contributed by atoms with E-state index in [1.54, 1.807) is 0 Å². The van der Waals surface area contributed by atoms with E-state index in [0.29, 0.717) is 5.17 Å². The summed E-state index contributed by atoms with van der Waals surface area (Å²) >= 11 is 1.43. The number of rotatable bonds is 2. The van der Waals surface area contributed by atoms with Gasteiger partial charge in [-0.05, 0) is 17.5 Å². The molecule has 1 amide bonds. The number of nitrogens with zero attached hydrogens (tertiary/aromatic N) is 2. The molecular weight excluding hydrogens is 368 g/mol. The molecule has 0 N–H and O–H groups in total. The molecule has 2 aliphatic rings. The Morgan fingerprint density at radius 2 is 1.88 bits per heavy atom. The number of fused-ring (bicyclic) bond motifs is 1. The second-order valence-corrected chi connectivity index (χ2v) is 11.7. The summed E-state index contributed by atoms with van der Waals surface area (Å²) in [6.07, 6.45) is 0. The zero-order valence-electron chi connectivity index (χ0n) is 15.9. The minimum Gasteiger partial charge on any atom is -0.315 e. The number of sulfone groups is 1. The predicted molar refractivity (Wildman–Crippen MR) is 109 cm³/mol. The van der Waals surface area contributed by atoms with Crippen LogP contribution in [0.3, 0.4) is 0 Å². The maximum atomic E-state index is 12.5. The number of hydrogen-bond donors (Lipinski definition) is 0. The molecule has 0 aliphatic carbocycles. The van der Waals surface area contributed by atoms with Gasteiger partial charge in [0.25, 0.3) is 5.91 Å². The Labute approximate surface area is 160 Å². The highest BCUT2D eigenvalue weighted by molar-refractivity contribution is 8.16. The molecule has 0 unspecified atom stereocenters. The van der Waals surface area contributed by atoms with Gasteiger partial charge in [0, 0.05) is 16.4 Å². The van der Waals surface area contributed by atoms with Crippen molar-refractivity contribution in [2.75, 3.05) is 16.4 Å². The first-order valence-electron chi connectivity index (χ1n) is 8.88. The van der Waals surface area contributed by atoms with E-state index >= 15 is 0 Å². The number of carbonyl (C=O) groups excluding carboxylic acids is 1. The number of para-hydroxylation sites is 1. The van der Waals surface area contributed by atoms with Crippen LogP contribution in [-0.4, -0.2) is 42.3 Å². The van der Waals surface area contributed by atoms with Gasteiger partial charge in [-0.15, -0.1) is 0 Å². The maximum Gasteiger partial charge on any atom is 0.253 e. The zero-order chi connectivity index (χ0) is 19.3. The number of hydrogen-bond acceptors (Lipinski definition) is 4. The molecule has 0 bridgehead atoms. The quantitative estimate of drug-likeness (QED) is 0.768. The predicted octanol–water partition coefficient (Wildman–Crippen LogP) is 3.46. The van der Waals surface area contributed by atoms with Crippen molar-refractivity contribution in [3.05, 3.63) is 29.8 Å². The summed E-state index contributed by atoms with van der Waals surface area (Å²) in [6.45, 7) is 9.76. The molecule has 3 rings (SSSR count). The second kappa shape index (κ2) is 6.68. The number of amides is 1. The molecule has 0 radical (unpaired) electrons. The number of aliphatic imine (C=N–C) groups is 1. The van der Waals surface area contributed by atoms with Crippen LogP contribution in [0.1, 0.15) is 46.1 Å². The third-order valence-electron chi connectivity index (χ3n) is 4.72. The monoisotopic (exact) mass is 394 g/mol. The van der Waals surface area contributed by atoms with Crippen molar-refractivity contribution in [1.82, 2.24) is 0 Å². The van der Waals surface area contributed by atoms with Gasteiger partial charge in [-0.2, -0.15) is 4.99 Å². The van der Waals surface area contributed by atoms with Crippen molar-refractivity contribution in [2.24, 2.45) is 10.4 Å². The first-order valence-corrected chi connectivity index (χ1v) is 11.6. The lowest BCUT2D eigenvalue weighted by molar-refractivity contribution is -0.124. The summed E-state index contributed by atoms with van der Waals surface area (Å²) in [5.41, 5.74) is 1.52. The van der Waals surface area contributed by atoms with Crippen LogP contribution in [0.2, 0.25) is 0 Å². The molecule has 0 aromatic heterocycles. The van der Waals surface area contributed by atoms with E-state index in [1.165, 1.54) is 11.8 Å². The third-order valence-corrected chi connectivity index (χ3v) is 7.93. The fourth-order valence-corrected chi connectivity index (χ4v) is 7.20. The highest BCUT2D eigenvalue weighted by Crippen LogP contribution is 2.43. The molecule has 7 heteroatoms. The van der Waals surface area contributed by atoms with E-state index in [2.05, 4.69) is 24.9 Å². The Morgan fingerprint density at radius 1 is 1.23 bits per heavy atom. The van der Waals surface area contributed by atoms with Gasteiger partial charge in [0.15, 0.2) is 15.0 Å². The van der Waals surface area contributed by atoms with Crippen LogP contribution in [0.15, 0.2) is 29.3 Å². The largest absolute Gasteiger partial charge is 0.315 e. The molecule has 1 aromatic rings. The normalized spacial score (nSPS) is 26.5. The number of thioether (sulfide) groups is 1. The third kappa shape index (κ3) is 3.69. The van der Waals surface area contributed by atoms with Crippen LogP contribution in [0.5, 0.6) is 0 Å². The van der Waals surface area contributed by atoms with E-state index in [4.69, 9.17) is 0 Å². The maximum absolute atomic E-state index is 12.5. The minimum absolute atomic E-state index is 0.0771. The summed E-state index contributed by atoms with van der Waals surface area (Å²) in [5, 5.41) is 0.551. The Hall–Kier alpha value is -1.34. The van der Waals surface area contributed by atoms with Crippen molar-refractivity contribution >= 4 is 38.4 Å². The Bertz CT molecular complexity index is 854. The molecule has 26 heavy (non-hydrogen) atoms. The fraction of sp³-hybridized carbons (Fsp3) is 0.579. The van der Waals surface area contributed by atoms with Crippen LogP contribution in [0.4, 0.5) is 5.69 Å². The van der Waals surface area contributed by atoms with E-state index in [9.17, 15) is 13.2 Å². The van der Waals surface area contributed by atoms with Crippen LogP contribution in [0, 0.1) is 5.41 Å². The Morgan fingerprint density at radius 3 is 2.50 bits per heavy atom. The Kier molecular flexibility index (Phi) is 4.99. The van der Waals surface area contributed by atoms with Crippen LogP contribution >= 0.6 is 11.8 Å². The van der Waals surface area contributed by atoms with E-state index in [1.807, 2.05) is 43.9 Å². The summed E-state index contributed by atoms with van der Waals surface area (Å²) in [5.74, 6) is 0.355. The standard InChI is InChI=1S/C19H26N2O3S2/c1-12(2)13-8-6-7-9-14(13)21-15-10-26(23,24)11-16(15)25-18(21)20-17(22)19(3,4)5/h6-9,12,15-16H,10-11H2,1-5H3/t15-,16-/m1/s1. The Balaban J connectivity index is 2.10. The van der Waals surface area contributed by atoms with Crippen LogP contribution in [-0.2, 0) is 14.6 Å². The van der Waals surface area contributed by atoms with Crippen molar-refractivity contribution in [1.29, 1.82) is 0 Å². The first-order chi connectivity index (χ1) is 12.0. The summed E-state index contributed by atoms with van der Waals surface area (Å²) in [4.78, 5) is 18.9. The van der Waals surface area contributed by atoms with Gasteiger partial charge in [-0.25, -0.2) is 8.42 Å². The minimum atomic E-state index is -3.06. The molecule has 2 saturated heterocycles. The molecule has 2 atom stereocenters. The van der Waals surface area contributed by atoms with Gasteiger partial charge in [0.2, 0.25) is 0 Å². The van der Waals surface area contributed by atoms with Gasteiger partial charge < -0.3 is 4.90 Å². The molecule has 2 fully saturated rings. The SMILES string of the molecule is CC(C)c1ccccc1N1C(=NC(=O)C(C)(C)C)S[C@@H]2CS(=O)(=O)C[C@H]21. The summed E-state index contributed by atoms with van der Waals surface area (Å²) in [6, 6.07) is 7.83. The van der Waals surface area contributed by atoms with Gasteiger partial charge in [0.1, 0.15) is 0 Å². The lowest BCUT2D eigenvalue weighted by Crippen LogP contribution is -2.38. The van der Waals surface area contributed by atoms with Crippen molar-refractivity contribution < 1.29 is 13.2 Å². The molecule has 0 saturated carbocycles. The molecule has 2 aliphatic heterocycles. The van der Waals surface area contributed by atoms with Gasteiger partial charge in [-0.3, -0.25) is 4.79 Å². The van der Waals surface area contributed by atoms with Crippen LogP contribution in [0.25, 0.3) is 0 Å². The highest BCUT2D eigenvalue weighted by atomic mass is 32.2. The molecule has 0 spiro atoms. The summed E-state index contributed by atoms with van der Waals surface area (Å²) in [7, 11) is -3.06. The van der Waals surface area contributed by atoms with Crippen molar-refractivity contribution in [2.45, 2.75) is 51.8 Å². The number of benzene rings is 1. The number of amidine groups is 1. The van der Waals surface area contributed by atoms with Crippen LogP contribution < -0.4 is 4.90 Å². The van der Waals surface area contributed by atoms with E-state index < -0.39 is 15.3 Å². The average Bonchev–Trinajstić information content (AvgIpc) is 2.97. The fourth-order valence-electron chi connectivity index (χ4n) is 3.30. The summed E-state index contributed by atoms with van der Waals surface area (Å²) < 4.78 is 24.4. The lowest BCUT2D eigenvalue weighted by Gasteiger charge is -2.28. The zero-order valence-corrected chi connectivity index (χ0v) is 17.5. The molecule has 142 valence electrons. The van der Waals surface area contributed by atoms with E-state index in [-0.39, 0.29) is 34.6 Å².